The summed E-state index contributed by atoms with van der Waals surface area (Å²) in [5, 5.41) is 3.73. The van der Waals surface area contributed by atoms with E-state index in [-0.39, 0.29) is 18.0 Å². The van der Waals surface area contributed by atoms with Crippen LogP contribution < -0.4 is 5.32 Å². The van der Waals surface area contributed by atoms with Gasteiger partial charge in [0.1, 0.15) is 5.82 Å². The average molecular weight is 400 g/mol. The third-order valence-electron chi connectivity index (χ3n) is 3.35. The van der Waals surface area contributed by atoms with Gasteiger partial charge in [0.05, 0.1) is 12.2 Å². The number of hydrogen-bond donors (Lipinski definition) is 1. The van der Waals surface area contributed by atoms with E-state index in [0.29, 0.717) is 16.3 Å². The van der Waals surface area contributed by atoms with E-state index in [2.05, 4.69) is 5.32 Å². The van der Waals surface area contributed by atoms with Gasteiger partial charge in [-0.15, -0.1) is 0 Å². The van der Waals surface area contributed by atoms with Crippen molar-refractivity contribution in [2.24, 2.45) is 0 Å². The minimum atomic E-state index is -3.64. The first kappa shape index (κ1) is 20.9. The van der Waals surface area contributed by atoms with Crippen molar-refractivity contribution >= 4 is 24.9 Å². The van der Waals surface area contributed by atoms with E-state index in [1.54, 1.807) is 64.1 Å². The fourth-order valence-electron chi connectivity index (χ4n) is 2.46. The molecule has 0 aliphatic carbocycles. The molecule has 0 spiro atoms. The Balaban J connectivity index is 2.49. The average Bonchev–Trinajstić information content (AvgIpc) is 2.52. The second kappa shape index (κ2) is 9.01. The maximum Gasteiger partial charge on any atom is 0.357 e. The van der Waals surface area contributed by atoms with Crippen LogP contribution in [0.2, 0.25) is 5.02 Å². The van der Waals surface area contributed by atoms with E-state index in [1.165, 1.54) is 12.1 Å². The first-order valence-corrected chi connectivity index (χ1v) is 10.4. The summed E-state index contributed by atoms with van der Waals surface area (Å²) < 4.78 is 38.5. The molecule has 0 aliphatic heterocycles. The number of anilines is 1. The number of benzene rings is 2. The Morgan fingerprint density at radius 1 is 1.00 bits per heavy atom. The van der Waals surface area contributed by atoms with Gasteiger partial charge in [-0.1, -0.05) is 29.8 Å². The summed E-state index contributed by atoms with van der Waals surface area (Å²) in [6, 6.07) is 12.8. The lowest BCUT2D eigenvalue weighted by Gasteiger charge is -2.31. The molecule has 7 heteroatoms. The van der Waals surface area contributed by atoms with Gasteiger partial charge in [-0.3, -0.25) is 4.57 Å². The van der Waals surface area contributed by atoms with Crippen LogP contribution in [0.4, 0.5) is 10.1 Å². The molecule has 4 nitrogen and oxygen atoms in total. The molecular weight excluding hydrogens is 376 g/mol. The normalized spacial score (nSPS) is 13.2. The Bertz CT molecular complexity index is 754. The molecule has 1 unspecified atom stereocenters. The van der Waals surface area contributed by atoms with Gasteiger partial charge in [0.25, 0.3) is 0 Å². The van der Waals surface area contributed by atoms with Crippen LogP contribution >= 0.6 is 19.2 Å². The highest BCUT2D eigenvalue weighted by Crippen LogP contribution is 2.62. The second-order valence-corrected chi connectivity index (χ2v) is 8.91. The van der Waals surface area contributed by atoms with E-state index in [1.807, 2.05) is 0 Å². The zero-order chi connectivity index (χ0) is 19.3. The minimum Gasteiger partial charge on any atom is -0.368 e. The van der Waals surface area contributed by atoms with Gasteiger partial charge in [-0.25, -0.2) is 4.39 Å². The number of nitrogens with one attached hydrogen (secondary N) is 1. The van der Waals surface area contributed by atoms with E-state index in [4.69, 9.17) is 20.6 Å². The van der Waals surface area contributed by atoms with Crippen LogP contribution in [0.5, 0.6) is 0 Å². The monoisotopic (exact) mass is 399 g/mol. The summed E-state index contributed by atoms with van der Waals surface area (Å²) in [5.74, 6) is -1.19. The fraction of sp³-hybridized carbons (Fsp3) is 0.368. The molecule has 0 heterocycles. The van der Waals surface area contributed by atoms with Gasteiger partial charge in [0.15, 0.2) is 5.78 Å². The smallest absolute Gasteiger partial charge is 0.357 e. The molecule has 0 saturated carbocycles. The molecule has 0 bridgehead atoms. The molecule has 0 amide bonds. The minimum absolute atomic E-state index is 0.316. The topological polar surface area (TPSA) is 47.6 Å². The van der Waals surface area contributed by atoms with Crippen LogP contribution in [0.25, 0.3) is 0 Å². The first-order valence-electron chi connectivity index (χ1n) is 8.43. The van der Waals surface area contributed by atoms with Crippen LogP contribution in [0, 0.1) is 5.82 Å². The van der Waals surface area contributed by atoms with Gasteiger partial charge in [-0.05, 0) is 63.6 Å². The van der Waals surface area contributed by atoms with Gasteiger partial charge >= 0.3 is 7.60 Å². The van der Waals surface area contributed by atoms with Crippen LogP contribution in [0.15, 0.2) is 48.5 Å². The van der Waals surface area contributed by atoms with Gasteiger partial charge in [0, 0.05) is 10.7 Å². The number of halogens is 2. The molecule has 142 valence electrons. The molecule has 0 saturated heterocycles. The zero-order valence-electron chi connectivity index (χ0n) is 15.3. The van der Waals surface area contributed by atoms with E-state index in [9.17, 15) is 8.96 Å². The molecule has 26 heavy (non-hydrogen) atoms. The SMILES string of the molecule is CC(C)OP(=O)(OC(C)C)C(Nc1cccc(Cl)c1)c1ccc(F)cc1. The molecule has 0 aromatic heterocycles. The molecular formula is C19H24ClFNO3P. The highest BCUT2D eigenvalue weighted by molar-refractivity contribution is 7.54. The van der Waals surface area contributed by atoms with Crippen molar-refractivity contribution in [1.82, 2.24) is 0 Å². The predicted molar refractivity (Wildman–Crippen MR) is 104 cm³/mol. The quantitative estimate of drug-likeness (QED) is 0.506. The Morgan fingerprint density at radius 2 is 1.58 bits per heavy atom. The van der Waals surface area contributed by atoms with Crippen LogP contribution in [-0.4, -0.2) is 12.2 Å². The van der Waals surface area contributed by atoms with Crippen LogP contribution in [0.3, 0.4) is 0 Å². The van der Waals surface area contributed by atoms with Crippen molar-refractivity contribution in [3.05, 3.63) is 64.9 Å². The van der Waals surface area contributed by atoms with E-state index >= 15 is 0 Å². The lowest BCUT2D eigenvalue weighted by molar-refractivity contribution is 0.138. The van der Waals surface area contributed by atoms with Crippen molar-refractivity contribution in [3.8, 4) is 0 Å². The molecule has 0 aliphatic rings. The van der Waals surface area contributed by atoms with Gasteiger partial charge < -0.3 is 14.4 Å². The first-order chi connectivity index (χ1) is 12.2. The van der Waals surface area contributed by atoms with Crippen LogP contribution in [0.1, 0.15) is 39.0 Å². The maximum atomic E-state index is 13.7. The van der Waals surface area contributed by atoms with Crippen molar-refractivity contribution in [3.63, 3.8) is 0 Å². The van der Waals surface area contributed by atoms with Crippen molar-refractivity contribution in [1.29, 1.82) is 0 Å². The summed E-state index contributed by atoms with van der Waals surface area (Å²) in [6.45, 7) is 7.16. The Hall–Kier alpha value is -1.39. The summed E-state index contributed by atoms with van der Waals surface area (Å²) in [6.07, 6.45) is -0.632. The Kier molecular flexibility index (Phi) is 7.24. The molecule has 2 aromatic rings. The van der Waals surface area contributed by atoms with Gasteiger partial charge in [0.2, 0.25) is 0 Å². The molecule has 2 rings (SSSR count). The van der Waals surface area contributed by atoms with E-state index in [0.717, 1.165) is 0 Å². The van der Waals surface area contributed by atoms with Crippen molar-refractivity contribution < 1.29 is 18.0 Å². The van der Waals surface area contributed by atoms with Crippen LogP contribution in [-0.2, 0) is 13.6 Å². The molecule has 1 N–H and O–H groups in total. The number of rotatable bonds is 8. The summed E-state index contributed by atoms with van der Waals surface area (Å²) in [7, 11) is -3.64. The van der Waals surface area contributed by atoms with E-state index < -0.39 is 13.4 Å². The van der Waals surface area contributed by atoms with Crippen molar-refractivity contribution in [2.45, 2.75) is 45.7 Å². The van der Waals surface area contributed by atoms with Crippen molar-refractivity contribution in [2.75, 3.05) is 5.32 Å². The third kappa shape index (κ3) is 5.82. The Labute approximate surface area is 159 Å². The largest absolute Gasteiger partial charge is 0.368 e. The Morgan fingerprint density at radius 3 is 2.08 bits per heavy atom. The molecule has 2 aromatic carbocycles. The molecule has 0 radical (unpaired) electrons. The summed E-state index contributed by atoms with van der Waals surface area (Å²) in [4.78, 5) is 0. The predicted octanol–water partition coefficient (Wildman–Crippen LogP) is 6.63. The molecule has 0 fully saturated rings. The zero-order valence-corrected chi connectivity index (χ0v) is 16.9. The maximum absolute atomic E-state index is 13.7. The lowest BCUT2D eigenvalue weighted by atomic mass is 10.2. The highest BCUT2D eigenvalue weighted by Gasteiger charge is 2.39. The van der Waals surface area contributed by atoms with Gasteiger partial charge in [-0.2, -0.15) is 0 Å². The lowest BCUT2D eigenvalue weighted by Crippen LogP contribution is -2.19. The number of hydrogen-bond acceptors (Lipinski definition) is 4. The fourth-order valence-corrected chi connectivity index (χ4v) is 4.96. The highest BCUT2D eigenvalue weighted by atomic mass is 35.5. The summed E-state index contributed by atoms with van der Waals surface area (Å²) >= 11 is 6.06. The summed E-state index contributed by atoms with van der Waals surface area (Å²) in [5.41, 5.74) is 1.25. The third-order valence-corrected chi connectivity index (χ3v) is 6.07. The standard InChI is InChI=1S/C19H24ClFNO3P/c1-13(2)24-26(23,25-14(3)4)19(15-8-10-17(21)11-9-15)22-18-7-5-6-16(20)12-18/h5-14,19,22H,1-4H3. The second-order valence-electron chi connectivity index (χ2n) is 6.46. The molecule has 1 atom stereocenters.